The SMILES string of the molecule is CC(=O)N1CCN(c2ccc(Nc3ncc4c(n3)N3CCN=C3N(c3c(F)cccc3Cl)C4=O)cc2)CC1. The largest absolute Gasteiger partial charge is 0.368 e. The third-order valence-corrected chi connectivity index (χ3v) is 7.16. The molecule has 12 heteroatoms. The highest BCUT2D eigenvalue weighted by Crippen LogP contribution is 2.37. The van der Waals surface area contributed by atoms with Gasteiger partial charge in [-0.15, -0.1) is 0 Å². The van der Waals surface area contributed by atoms with Crippen molar-refractivity contribution in [2.45, 2.75) is 6.92 Å². The van der Waals surface area contributed by atoms with Crippen LogP contribution >= 0.6 is 11.6 Å². The topological polar surface area (TPSA) is 97.3 Å². The van der Waals surface area contributed by atoms with Crippen molar-refractivity contribution in [2.75, 3.05) is 59.3 Å². The molecule has 0 spiro atoms. The van der Waals surface area contributed by atoms with Gasteiger partial charge in [0.05, 0.1) is 11.6 Å². The van der Waals surface area contributed by atoms with Crippen molar-refractivity contribution < 1.29 is 14.0 Å². The Kier molecular flexibility index (Phi) is 6.07. The number of carbonyl (C=O) groups is 2. The van der Waals surface area contributed by atoms with Gasteiger partial charge < -0.3 is 15.1 Å². The van der Waals surface area contributed by atoms with Crippen LogP contribution in [-0.4, -0.2) is 71.9 Å². The van der Waals surface area contributed by atoms with Crippen LogP contribution < -0.4 is 20.0 Å². The monoisotopic (exact) mass is 534 g/mol. The lowest BCUT2D eigenvalue weighted by atomic mass is 10.1. The Labute approximate surface area is 223 Å². The fourth-order valence-corrected chi connectivity index (χ4v) is 5.14. The van der Waals surface area contributed by atoms with E-state index >= 15 is 0 Å². The molecule has 194 valence electrons. The number of aromatic nitrogens is 2. The third-order valence-electron chi connectivity index (χ3n) is 6.85. The number of benzene rings is 2. The highest BCUT2D eigenvalue weighted by molar-refractivity contribution is 6.38. The maximum Gasteiger partial charge on any atom is 0.270 e. The van der Waals surface area contributed by atoms with Crippen molar-refractivity contribution in [1.82, 2.24) is 14.9 Å². The second-order valence-electron chi connectivity index (χ2n) is 9.14. The number of hydrogen-bond acceptors (Lipinski definition) is 8. The minimum atomic E-state index is -0.618. The van der Waals surface area contributed by atoms with Gasteiger partial charge in [-0.25, -0.2) is 14.3 Å². The van der Waals surface area contributed by atoms with Gasteiger partial charge in [-0.2, -0.15) is 4.98 Å². The summed E-state index contributed by atoms with van der Waals surface area (Å²) in [6, 6.07) is 12.2. The fourth-order valence-electron chi connectivity index (χ4n) is 4.90. The van der Waals surface area contributed by atoms with Crippen molar-refractivity contribution >= 4 is 58.2 Å². The Bertz CT molecular complexity index is 1440. The molecule has 6 rings (SSSR count). The number of fused-ring (bicyclic) bond motifs is 3. The van der Waals surface area contributed by atoms with Crippen molar-refractivity contribution in [3.05, 3.63) is 65.1 Å². The molecule has 1 fully saturated rings. The number of para-hydroxylation sites is 1. The number of guanidine groups is 1. The van der Waals surface area contributed by atoms with Crippen LogP contribution in [-0.2, 0) is 4.79 Å². The first-order valence-corrected chi connectivity index (χ1v) is 12.6. The number of rotatable bonds is 4. The van der Waals surface area contributed by atoms with Crippen LogP contribution in [0.4, 0.5) is 33.2 Å². The van der Waals surface area contributed by atoms with Crippen molar-refractivity contribution in [1.29, 1.82) is 0 Å². The quantitative estimate of drug-likeness (QED) is 0.547. The highest BCUT2D eigenvalue weighted by atomic mass is 35.5. The summed E-state index contributed by atoms with van der Waals surface area (Å²) in [6.07, 6.45) is 1.44. The summed E-state index contributed by atoms with van der Waals surface area (Å²) in [5.74, 6) is 0.00714. The van der Waals surface area contributed by atoms with Crippen LogP contribution in [0.15, 0.2) is 53.7 Å². The number of piperazine rings is 1. The number of nitrogens with zero attached hydrogens (tertiary/aromatic N) is 7. The molecule has 2 amide bonds. The summed E-state index contributed by atoms with van der Waals surface area (Å²) >= 11 is 6.27. The first kappa shape index (κ1) is 24.1. The van der Waals surface area contributed by atoms with E-state index in [9.17, 15) is 14.0 Å². The minimum absolute atomic E-state index is 0.0412. The number of hydrogen-bond donors (Lipinski definition) is 1. The summed E-state index contributed by atoms with van der Waals surface area (Å²) in [7, 11) is 0. The molecule has 1 aromatic heterocycles. The summed E-state index contributed by atoms with van der Waals surface area (Å²) in [5, 5.41) is 3.31. The van der Waals surface area contributed by atoms with Crippen molar-refractivity contribution in [3.63, 3.8) is 0 Å². The number of amides is 2. The molecule has 0 atom stereocenters. The maximum absolute atomic E-state index is 14.7. The number of anilines is 5. The molecule has 1 saturated heterocycles. The molecule has 3 aliphatic heterocycles. The highest BCUT2D eigenvalue weighted by Gasteiger charge is 2.41. The molecule has 0 radical (unpaired) electrons. The fraction of sp³-hybridized carbons (Fsp3) is 0.269. The smallest absolute Gasteiger partial charge is 0.270 e. The van der Waals surface area contributed by atoms with E-state index in [1.165, 1.54) is 29.3 Å². The van der Waals surface area contributed by atoms with E-state index in [-0.39, 0.29) is 28.1 Å². The Balaban J connectivity index is 1.23. The van der Waals surface area contributed by atoms with Gasteiger partial charge in [0.25, 0.3) is 5.91 Å². The Morgan fingerprint density at radius 2 is 1.82 bits per heavy atom. The summed E-state index contributed by atoms with van der Waals surface area (Å²) in [6.45, 7) is 5.49. The molecule has 3 aromatic rings. The van der Waals surface area contributed by atoms with Gasteiger partial charge in [0, 0.05) is 57.2 Å². The van der Waals surface area contributed by atoms with Crippen LogP contribution in [0.5, 0.6) is 0 Å². The van der Waals surface area contributed by atoms with Gasteiger partial charge >= 0.3 is 0 Å². The van der Waals surface area contributed by atoms with E-state index in [0.717, 1.165) is 24.5 Å². The minimum Gasteiger partial charge on any atom is -0.368 e. The molecule has 2 aromatic carbocycles. The Morgan fingerprint density at radius 3 is 2.53 bits per heavy atom. The average Bonchev–Trinajstić information content (AvgIpc) is 3.41. The predicted octanol–water partition coefficient (Wildman–Crippen LogP) is 3.52. The van der Waals surface area contributed by atoms with Crippen LogP contribution in [0.3, 0.4) is 0 Å². The molecule has 0 unspecified atom stereocenters. The van der Waals surface area contributed by atoms with Crippen LogP contribution in [0, 0.1) is 5.82 Å². The summed E-state index contributed by atoms with van der Waals surface area (Å²) < 4.78 is 14.7. The molecule has 0 saturated carbocycles. The van der Waals surface area contributed by atoms with Crippen LogP contribution in [0.25, 0.3) is 0 Å². The van der Waals surface area contributed by atoms with Gasteiger partial charge in [-0.1, -0.05) is 17.7 Å². The molecule has 0 bridgehead atoms. The lowest BCUT2D eigenvalue weighted by Crippen LogP contribution is -2.51. The zero-order valence-corrected chi connectivity index (χ0v) is 21.3. The molecular weight excluding hydrogens is 511 g/mol. The van der Waals surface area contributed by atoms with E-state index in [1.807, 2.05) is 29.2 Å². The third kappa shape index (κ3) is 4.18. The Morgan fingerprint density at radius 1 is 1.05 bits per heavy atom. The lowest BCUT2D eigenvalue weighted by molar-refractivity contribution is -0.129. The standard InChI is InChI=1S/C26H24ClFN8O2/c1-16(37)33-11-13-34(14-12-33)18-7-5-17(6-8-18)31-25-30-15-19-23(32-25)35-10-9-29-26(35)36(24(19)38)22-20(27)3-2-4-21(22)28/h2-8,15H,9-14H2,1H3,(H,30,31,32). The first-order valence-electron chi connectivity index (χ1n) is 12.3. The van der Waals surface area contributed by atoms with Gasteiger partial charge in [0.1, 0.15) is 17.1 Å². The van der Waals surface area contributed by atoms with Crippen LogP contribution in [0.1, 0.15) is 17.3 Å². The number of nitrogens with one attached hydrogen (secondary N) is 1. The van der Waals surface area contributed by atoms with E-state index in [1.54, 1.807) is 11.8 Å². The normalized spacial score (nSPS) is 16.8. The average molecular weight is 535 g/mol. The summed E-state index contributed by atoms with van der Waals surface area (Å²) in [4.78, 5) is 45.5. The zero-order chi connectivity index (χ0) is 26.4. The van der Waals surface area contributed by atoms with Gasteiger partial charge in [0.15, 0.2) is 5.82 Å². The van der Waals surface area contributed by atoms with Gasteiger partial charge in [-0.3, -0.25) is 19.5 Å². The van der Waals surface area contributed by atoms with E-state index in [2.05, 4.69) is 25.2 Å². The second kappa shape index (κ2) is 9.56. The number of aliphatic imine (C=N–C) groups is 1. The molecule has 4 heterocycles. The summed E-state index contributed by atoms with van der Waals surface area (Å²) in [5.41, 5.74) is 2.05. The second-order valence-corrected chi connectivity index (χ2v) is 9.55. The predicted molar refractivity (Wildman–Crippen MR) is 144 cm³/mol. The van der Waals surface area contributed by atoms with Gasteiger partial charge in [0.2, 0.25) is 17.8 Å². The molecule has 1 N–H and O–H groups in total. The zero-order valence-electron chi connectivity index (χ0n) is 20.6. The van der Waals surface area contributed by atoms with Crippen LogP contribution in [0.2, 0.25) is 5.02 Å². The van der Waals surface area contributed by atoms with E-state index in [4.69, 9.17) is 11.6 Å². The first-order chi connectivity index (χ1) is 18.4. The lowest BCUT2D eigenvalue weighted by Gasteiger charge is -2.35. The molecule has 0 aliphatic carbocycles. The van der Waals surface area contributed by atoms with E-state index in [0.29, 0.717) is 37.9 Å². The maximum atomic E-state index is 14.7. The van der Waals surface area contributed by atoms with E-state index < -0.39 is 11.7 Å². The van der Waals surface area contributed by atoms with Crippen molar-refractivity contribution in [2.24, 2.45) is 4.99 Å². The number of carbonyl (C=O) groups excluding carboxylic acids is 2. The molecule has 3 aliphatic rings. The Hall–Kier alpha value is -4.25. The number of halogens is 2. The van der Waals surface area contributed by atoms with Gasteiger partial charge in [-0.05, 0) is 36.4 Å². The molecule has 10 nitrogen and oxygen atoms in total. The molecule has 38 heavy (non-hydrogen) atoms. The van der Waals surface area contributed by atoms with Crippen molar-refractivity contribution in [3.8, 4) is 0 Å². The molecular formula is C26H24ClFN8O2.